The lowest BCUT2D eigenvalue weighted by molar-refractivity contribution is 1.09. The first-order valence-corrected chi connectivity index (χ1v) is 22.5. The van der Waals surface area contributed by atoms with Gasteiger partial charge in [0.05, 0.1) is 49.8 Å². The third kappa shape index (κ3) is 5.44. The second kappa shape index (κ2) is 14.3. The minimum atomic E-state index is 0.895. The van der Waals surface area contributed by atoms with E-state index in [9.17, 15) is 0 Å². The molecule has 0 aliphatic heterocycles. The number of fused-ring (bicyclic) bond motifs is 10. The minimum Gasteiger partial charge on any atom is -0.309 e. The van der Waals surface area contributed by atoms with Gasteiger partial charge in [-0.05, 0) is 96.1 Å². The first-order valence-electron chi connectivity index (χ1n) is 22.5. The first kappa shape index (κ1) is 36.5. The lowest BCUT2D eigenvalue weighted by Crippen LogP contribution is -2.03. The number of para-hydroxylation sites is 8. The summed E-state index contributed by atoms with van der Waals surface area (Å²) in [6.07, 6.45) is 0. The fourth-order valence-electron chi connectivity index (χ4n) is 10.7. The zero-order valence-electron chi connectivity index (χ0n) is 35.8. The molecule has 0 amide bonds. The van der Waals surface area contributed by atoms with Crippen molar-refractivity contribution in [3.05, 3.63) is 237 Å². The van der Waals surface area contributed by atoms with Crippen molar-refractivity contribution in [1.82, 2.24) is 23.3 Å². The van der Waals surface area contributed by atoms with Crippen LogP contribution in [0.15, 0.2) is 237 Å². The van der Waals surface area contributed by atoms with Crippen molar-refractivity contribution in [1.29, 1.82) is 0 Å². The molecule has 0 bridgehead atoms. The standard InChI is InChI=1S/C61H39N5/c1-2-18-40(19-3-1)61-62-53-26-10-17-33-60(53)66(61)46-37-42(36-45(39-46)65-58-31-15-8-24-51(58)52-25-9-16-32-59(52)65)41-34-43(63-54-27-11-4-20-47(54)48-21-5-12-28-55(48)63)38-44(35-41)64-56-29-13-6-22-49(56)50-23-7-14-30-57(50)64/h1-39H. The average Bonchev–Trinajstić information content (AvgIpc) is 4.13. The van der Waals surface area contributed by atoms with Gasteiger partial charge in [0.2, 0.25) is 0 Å². The Morgan fingerprint density at radius 2 is 0.515 bits per heavy atom. The quantitative estimate of drug-likeness (QED) is 0.164. The van der Waals surface area contributed by atoms with E-state index in [1.807, 2.05) is 0 Å². The van der Waals surface area contributed by atoms with Crippen LogP contribution in [0.3, 0.4) is 0 Å². The Bertz CT molecular complexity index is 3940. The molecule has 0 spiro atoms. The molecule has 14 aromatic rings. The molecule has 0 N–H and O–H groups in total. The van der Waals surface area contributed by atoms with E-state index in [0.717, 1.165) is 67.3 Å². The van der Waals surface area contributed by atoms with Gasteiger partial charge >= 0.3 is 0 Å². The molecule has 0 fully saturated rings. The smallest absolute Gasteiger partial charge is 0.145 e. The van der Waals surface area contributed by atoms with Crippen molar-refractivity contribution < 1.29 is 0 Å². The van der Waals surface area contributed by atoms with Gasteiger partial charge in [-0.3, -0.25) is 4.57 Å². The maximum Gasteiger partial charge on any atom is 0.145 e. The molecule has 0 radical (unpaired) electrons. The van der Waals surface area contributed by atoms with E-state index in [1.54, 1.807) is 0 Å². The largest absolute Gasteiger partial charge is 0.309 e. The van der Waals surface area contributed by atoms with Crippen molar-refractivity contribution in [2.45, 2.75) is 0 Å². The van der Waals surface area contributed by atoms with E-state index >= 15 is 0 Å². The fraction of sp³-hybridized carbons (Fsp3) is 0. The van der Waals surface area contributed by atoms with Gasteiger partial charge in [-0.1, -0.05) is 152 Å². The summed E-state index contributed by atoms with van der Waals surface area (Å²) in [5.74, 6) is 0.895. The summed E-state index contributed by atoms with van der Waals surface area (Å²) in [6, 6.07) is 85.9. The van der Waals surface area contributed by atoms with Crippen LogP contribution in [0.25, 0.3) is 122 Å². The van der Waals surface area contributed by atoms with E-state index in [-0.39, 0.29) is 0 Å². The number of hydrogen-bond acceptors (Lipinski definition) is 1. The average molecular weight is 842 g/mol. The summed E-state index contributed by atoms with van der Waals surface area (Å²) in [4.78, 5) is 5.32. The van der Waals surface area contributed by atoms with Crippen LogP contribution in [0.2, 0.25) is 0 Å². The Labute approximate surface area is 379 Å². The lowest BCUT2D eigenvalue weighted by atomic mass is 10.0. The zero-order chi connectivity index (χ0) is 43.3. The van der Waals surface area contributed by atoms with Crippen LogP contribution in [-0.2, 0) is 0 Å². The molecule has 0 saturated carbocycles. The molecule has 4 heterocycles. The number of nitrogens with zero attached hydrogens (tertiary/aromatic N) is 5. The van der Waals surface area contributed by atoms with E-state index in [1.165, 1.54) is 54.4 Å². The molecular formula is C61H39N5. The molecule has 0 unspecified atom stereocenters. The Morgan fingerprint density at radius 3 is 0.879 bits per heavy atom. The van der Waals surface area contributed by atoms with E-state index in [4.69, 9.17) is 4.98 Å². The molecule has 4 aromatic heterocycles. The van der Waals surface area contributed by atoms with Gasteiger partial charge in [-0.2, -0.15) is 0 Å². The molecule has 10 aromatic carbocycles. The second-order valence-corrected chi connectivity index (χ2v) is 17.2. The fourth-order valence-corrected chi connectivity index (χ4v) is 10.7. The van der Waals surface area contributed by atoms with Gasteiger partial charge in [0, 0.05) is 54.9 Å². The summed E-state index contributed by atoms with van der Waals surface area (Å²) in [7, 11) is 0. The highest BCUT2D eigenvalue weighted by Crippen LogP contribution is 2.41. The summed E-state index contributed by atoms with van der Waals surface area (Å²) >= 11 is 0. The molecule has 14 rings (SSSR count). The third-order valence-corrected chi connectivity index (χ3v) is 13.5. The van der Waals surface area contributed by atoms with Gasteiger partial charge in [0.25, 0.3) is 0 Å². The number of hydrogen-bond donors (Lipinski definition) is 0. The van der Waals surface area contributed by atoms with E-state index < -0.39 is 0 Å². The Balaban J connectivity index is 1.12. The number of rotatable bonds is 6. The molecule has 0 aliphatic rings. The van der Waals surface area contributed by atoms with Crippen LogP contribution in [0.4, 0.5) is 0 Å². The Morgan fingerprint density at radius 1 is 0.227 bits per heavy atom. The van der Waals surface area contributed by atoms with Crippen LogP contribution in [-0.4, -0.2) is 23.3 Å². The number of imidazole rings is 1. The lowest BCUT2D eigenvalue weighted by Gasteiger charge is -2.19. The predicted molar refractivity (Wildman–Crippen MR) is 275 cm³/mol. The summed E-state index contributed by atoms with van der Waals surface area (Å²) < 4.78 is 9.67. The second-order valence-electron chi connectivity index (χ2n) is 17.2. The molecule has 0 saturated heterocycles. The molecule has 5 nitrogen and oxygen atoms in total. The van der Waals surface area contributed by atoms with Crippen molar-refractivity contribution in [3.8, 4) is 45.3 Å². The molecule has 5 heteroatoms. The number of aromatic nitrogens is 5. The zero-order valence-corrected chi connectivity index (χ0v) is 35.8. The summed E-state index contributed by atoms with van der Waals surface area (Å²) in [6.45, 7) is 0. The highest BCUT2D eigenvalue weighted by Gasteiger charge is 2.21. The van der Waals surface area contributed by atoms with Crippen LogP contribution >= 0.6 is 0 Å². The third-order valence-electron chi connectivity index (χ3n) is 13.5. The van der Waals surface area contributed by atoms with Crippen LogP contribution in [0.5, 0.6) is 0 Å². The summed E-state index contributed by atoms with van der Waals surface area (Å²) in [5.41, 5.74) is 16.5. The van der Waals surface area contributed by atoms with Gasteiger partial charge in [0.15, 0.2) is 0 Å². The molecule has 66 heavy (non-hydrogen) atoms. The predicted octanol–water partition coefficient (Wildman–Crippen LogP) is 15.7. The van der Waals surface area contributed by atoms with Gasteiger partial charge in [-0.15, -0.1) is 0 Å². The highest BCUT2D eigenvalue weighted by atomic mass is 15.1. The summed E-state index contributed by atoms with van der Waals surface area (Å²) in [5, 5.41) is 7.36. The molecule has 0 aliphatic carbocycles. The SMILES string of the molecule is c1ccc(-c2nc3ccccc3n2-c2cc(-c3cc(-n4c5ccccc5c5ccccc54)cc(-n4c5ccccc5c5ccccc54)c3)cc(-n3c4ccccc4c4ccccc43)c2)cc1. The maximum absolute atomic E-state index is 5.32. The molecule has 308 valence electrons. The van der Waals surface area contributed by atoms with E-state index in [0.29, 0.717) is 0 Å². The maximum atomic E-state index is 5.32. The van der Waals surface area contributed by atoms with Gasteiger partial charge in [0.1, 0.15) is 5.82 Å². The van der Waals surface area contributed by atoms with Crippen LogP contribution in [0.1, 0.15) is 0 Å². The highest BCUT2D eigenvalue weighted by molar-refractivity contribution is 6.12. The van der Waals surface area contributed by atoms with E-state index in [2.05, 4.69) is 255 Å². The molecular weight excluding hydrogens is 803 g/mol. The topological polar surface area (TPSA) is 32.6 Å². The minimum absolute atomic E-state index is 0.895. The van der Waals surface area contributed by atoms with Crippen LogP contribution < -0.4 is 0 Å². The van der Waals surface area contributed by atoms with Crippen molar-refractivity contribution in [3.63, 3.8) is 0 Å². The number of benzene rings is 10. The molecule has 0 atom stereocenters. The van der Waals surface area contributed by atoms with Gasteiger partial charge < -0.3 is 13.7 Å². The van der Waals surface area contributed by atoms with Gasteiger partial charge in [-0.25, -0.2) is 4.98 Å². The Kier molecular flexibility index (Phi) is 7.91. The van der Waals surface area contributed by atoms with Crippen molar-refractivity contribution >= 4 is 76.5 Å². The monoisotopic (exact) mass is 841 g/mol. The normalized spacial score (nSPS) is 11.9. The van der Waals surface area contributed by atoms with Crippen molar-refractivity contribution in [2.24, 2.45) is 0 Å². The Hall–Kier alpha value is -8.93. The van der Waals surface area contributed by atoms with Crippen LogP contribution in [0, 0.1) is 0 Å². The first-order chi connectivity index (χ1) is 32.7. The van der Waals surface area contributed by atoms with Crippen molar-refractivity contribution in [2.75, 3.05) is 0 Å².